The van der Waals surface area contributed by atoms with Crippen molar-refractivity contribution in [1.82, 2.24) is 10.2 Å². The molecule has 1 saturated heterocycles. The number of piperazine rings is 1. The van der Waals surface area contributed by atoms with Crippen molar-refractivity contribution in [3.05, 3.63) is 0 Å². The summed E-state index contributed by atoms with van der Waals surface area (Å²) in [6.07, 6.45) is -0.722. The monoisotopic (exact) mass is 257 g/mol. The van der Waals surface area contributed by atoms with E-state index < -0.39 is 29.7 Å². The quantitative estimate of drug-likeness (QED) is 0.582. The second-order valence-corrected chi connectivity index (χ2v) is 5.33. The molecule has 1 amide bonds. The molecule has 18 heavy (non-hydrogen) atoms. The van der Waals surface area contributed by atoms with Gasteiger partial charge in [0.1, 0.15) is 11.8 Å². The summed E-state index contributed by atoms with van der Waals surface area (Å²) in [5.41, 5.74) is -0.676. The first-order valence-corrected chi connectivity index (χ1v) is 6.18. The summed E-state index contributed by atoms with van der Waals surface area (Å²) in [6, 6.07) is -1.12. The summed E-state index contributed by atoms with van der Waals surface area (Å²) in [6.45, 7) is 7.67. The minimum atomic E-state index is -1.12. The number of esters is 1. The van der Waals surface area contributed by atoms with Crippen LogP contribution >= 0.6 is 0 Å². The van der Waals surface area contributed by atoms with Gasteiger partial charge < -0.3 is 10.1 Å². The Morgan fingerprint density at radius 3 is 2.67 bits per heavy atom. The van der Waals surface area contributed by atoms with Gasteiger partial charge in [0.2, 0.25) is 5.91 Å². The lowest BCUT2D eigenvalue weighted by atomic mass is 10.1. The number of nitrogens with zero attached hydrogens (tertiary/aromatic N) is 1. The molecular formula is C12H21N2O4. The number of ether oxygens (including phenoxy) is 1. The van der Waals surface area contributed by atoms with Crippen molar-refractivity contribution >= 4 is 11.9 Å². The van der Waals surface area contributed by atoms with Gasteiger partial charge in [-0.25, -0.2) is 9.90 Å². The maximum atomic E-state index is 12.0. The molecule has 0 aromatic rings. The molecule has 6 heteroatoms. The Hall–Kier alpha value is -1.14. The normalized spacial score (nSPS) is 23.4. The molecule has 1 aliphatic heterocycles. The molecule has 1 N–H and O–H groups in total. The highest BCUT2D eigenvalue weighted by atomic mass is 16.6. The number of hydrogen-bond donors (Lipinski definition) is 1. The van der Waals surface area contributed by atoms with Gasteiger partial charge in [0.15, 0.2) is 6.04 Å². The van der Waals surface area contributed by atoms with Crippen LogP contribution < -0.4 is 5.32 Å². The van der Waals surface area contributed by atoms with Gasteiger partial charge in [0.05, 0.1) is 0 Å². The topological polar surface area (TPSA) is 78.5 Å². The van der Waals surface area contributed by atoms with Crippen molar-refractivity contribution in [1.29, 1.82) is 0 Å². The van der Waals surface area contributed by atoms with Gasteiger partial charge in [-0.15, -0.1) is 0 Å². The molecule has 1 aliphatic rings. The summed E-state index contributed by atoms with van der Waals surface area (Å²) < 4.78 is 5.19. The Morgan fingerprint density at radius 1 is 1.56 bits per heavy atom. The molecular weight excluding hydrogens is 236 g/mol. The minimum Gasteiger partial charge on any atom is -0.458 e. The molecule has 2 atom stereocenters. The van der Waals surface area contributed by atoms with Gasteiger partial charge in [-0.05, 0) is 27.2 Å². The fourth-order valence-electron chi connectivity index (χ4n) is 1.83. The van der Waals surface area contributed by atoms with Gasteiger partial charge in [-0.2, -0.15) is 0 Å². The highest BCUT2D eigenvalue weighted by Crippen LogP contribution is 2.16. The molecule has 0 bridgehead atoms. The average molecular weight is 257 g/mol. The Balaban J connectivity index is 2.84. The van der Waals surface area contributed by atoms with E-state index in [4.69, 9.17) is 4.74 Å². The van der Waals surface area contributed by atoms with Gasteiger partial charge in [-0.3, -0.25) is 9.69 Å². The van der Waals surface area contributed by atoms with E-state index in [2.05, 4.69) is 5.32 Å². The summed E-state index contributed by atoms with van der Waals surface area (Å²) in [5.74, 6) is -1.11. The average Bonchev–Trinajstić information content (AvgIpc) is 2.25. The Labute approximate surface area is 107 Å². The van der Waals surface area contributed by atoms with E-state index in [-0.39, 0.29) is 0 Å². The molecule has 0 aliphatic carbocycles. The number of amides is 1. The summed E-state index contributed by atoms with van der Waals surface area (Å²) >= 11 is 0. The lowest BCUT2D eigenvalue weighted by Gasteiger charge is -2.36. The second-order valence-electron chi connectivity index (χ2n) is 5.33. The fraction of sp³-hybridized carbons (Fsp3) is 0.833. The van der Waals surface area contributed by atoms with Gasteiger partial charge in [0.25, 0.3) is 0 Å². The molecule has 103 valence electrons. The van der Waals surface area contributed by atoms with Crippen molar-refractivity contribution < 1.29 is 19.4 Å². The zero-order valence-electron chi connectivity index (χ0n) is 11.4. The van der Waals surface area contributed by atoms with Crippen LogP contribution in [0.25, 0.3) is 0 Å². The van der Waals surface area contributed by atoms with Crippen LogP contribution in [-0.2, 0) is 19.4 Å². The zero-order chi connectivity index (χ0) is 13.9. The number of carbonyl (C=O) groups excluding carboxylic acids is 2. The molecule has 0 aromatic heterocycles. The SMILES string of the molecule is CCC([O])N1CCNC(=O)C1C(=O)OC(C)(C)C. The van der Waals surface area contributed by atoms with E-state index in [0.29, 0.717) is 19.5 Å². The van der Waals surface area contributed by atoms with Crippen LogP contribution in [0.4, 0.5) is 0 Å². The molecule has 0 aromatic carbocycles. The minimum absolute atomic E-state index is 0.340. The molecule has 1 fully saturated rings. The first kappa shape index (κ1) is 14.9. The Bertz CT molecular complexity index is 325. The van der Waals surface area contributed by atoms with Gasteiger partial charge in [-0.1, -0.05) is 6.92 Å². The van der Waals surface area contributed by atoms with Crippen molar-refractivity contribution in [2.24, 2.45) is 0 Å². The van der Waals surface area contributed by atoms with E-state index in [0.717, 1.165) is 0 Å². The molecule has 6 nitrogen and oxygen atoms in total. The Kier molecular flexibility index (Phi) is 4.70. The predicted octanol–water partition coefficient (Wildman–Crippen LogP) is 0.295. The standard InChI is InChI=1S/C12H21N2O4/c1-5-8(15)14-7-6-13-10(16)9(14)11(17)18-12(2,3)4/h8-9H,5-7H2,1-4H3,(H,13,16). The van der Waals surface area contributed by atoms with E-state index in [9.17, 15) is 14.7 Å². The van der Waals surface area contributed by atoms with Gasteiger partial charge >= 0.3 is 5.97 Å². The lowest BCUT2D eigenvalue weighted by Crippen LogP contribution is -2.62. The fourth-order valence-corrected chi connectivity index (χ4v) is 1.83. The number of hydrogen-bond acceptors (Lipinski definition) is 4. The molecule has 0 saturated carbocycles. The molecule has 2 unspecified atom stereocenters. The van der Waals surface area contributed by atoms with Crippen LogP contribution in [0.5, 0.6) is 0 Å². The van der Waals surface area contributed by atoms with E-state index in [1.54, 1.807) is 27.7 Å². The zero-order valence-corrected chi connectivity index (χ0v) is 11.4. The van der Waals surface area contributed by atoms with Crippen molar-refractivity contribution in [3.63, 3.8) is 0 Å². The predicted molar refractivity (Wildman–Crippen MR) is 64.1 cm³/mol. The van der Waals surface area contributed by atoms with E-state index in [1.165, 1.54) is 4.90 Å². The molecule has 1 radical (unpaired) electrons. The van der Waals surface area contributed by atoms with Gasteiger partial charge in [0, 0.05) is 13.1 Å². The van der Waals surface area contributed by atoms with Crippen LogP contribution in [-0.4, -0.2) is 47.7 Å². The molecule has 0 spiro atoms. The highest BCUT2D eigenvalue weighted by molar-refractivity contribution is 6.02. The lowest BCUT2D eigenvalue weighted by molar-refractivity contribution is -0.174. The Morgan fingerprint density at radius 2 is 2.17 bits per heavy atom. The third-order valence-corrected chi connectivity index (χ3v) is 2.60. The maximum Gasteiger partial charge on any atom is 0.333 e. The van der Waals surface area contributed by atoms with Crippen molar-refractivity contribution in [2.75, 3.05) is 13.1 Å². The van der Waals surface area contributed by atoms with Crippen molar-refractivity contribution in [2.45, 2.75) is 52.0 Å². The largest absolute Gasteiger partial charge is 0.458 e. The smallest absolute Gasteiger partial charge is 0.333 e. The number of rotatable bonds is 3. The molecule has 1 rings (SSSR count). The summed E-state index contributed by atoms with van der Waals surface area (Å²) in [5, 5.41) is 14.4. The maximum absolute atomic E-state index is 12.0. The van der Waals surface area contributed by atoms with Crippen LogP contribution in [0.3, 0.4) is 0 Å². The number of nitrogens with one attached hydrogen (secondary N) is 1. The van der Waals surface area contributed by atoms with Crippen molar-refractivity contribution in [3.8, 4) is 0 Å². The summed E-state index contributed by atoms with van der Waals surface area (Å²) in [4.78, 5) is 25.1. The third-order valence-electron chi connectivity index (χ3n) is 2.60. The molecule has 1 heterocycles. The van der Waals surface area contributed by atoms with E-state index >= 15 is 0 Å². The van der Waals surface area contributed by atoms with Crippen LogP contribution in [0.2, 0.25) is 0 Å². The second kappa shape index (κ2) is 5.67. The van der Waals surface area contributed by atoms with Crippen LogP contribution in [0, 0.1) is 0 Å². The number of carbonyl (C=O) groups is 2. The van der Waals surface area contributed by atoms with Crippen LogP contribution in [0.15, 0.2) is 0 Å². The first-order valence-electron chi connectivity index (χ1n) is 6.18. The van der Waals surface area contributed by atoms with Crippen LogP contribution in [0.1, 0.15) is 34.1 Å². The van der Waals surface area contributed by atoms with E-state index in [1.807, 2.05) is 0 Å². The third kappa shape index (κ3) is 3.68. The first-order chi connectivity index (χ1) is 8.26. The highest BCUT2D eigenvalue weighted by Gasteiger charge is 2.41. The summed E-state index contributed by atoms with van der Waals surface area (Å²) in [7, 11) is 0.